The number of carbonyl (C=O) groups excluding carboxylic acids is 1. The van der Waals surface area contributed by atoms with Gasteiger partial charge in [-0.05, 0) is 49.8 Å². The summed E-state index contributed by atoms with van der Waals surface area (Å²) < 4.78 is 5.83. The molecule has 2 atom stereocenters. The summed E-state index contributed by atoms with van der Waals surface area (Å²) in [6.07, 6.45) is 3.95. The normalized spacial score (nSPS) is 27.6. The molecular weight excluding hydrogens is 252 g/mol. The Morgan fingerprint density at radius 1 is 1.40 bits per heavy atom. The molecule has 0 radical (unpaired) electrons. The van der Waals surface area contributed by atoms with E-state index in [-0.39, 0.29) is 17.6 Å². The third-order valence-electron chi connectivity index (χ3n) is 4.55. The van der Waals surface area contributed by atoms with Gasteiger partial charge in [-0.15, -0.1) is 0 Å². The Kier molecular flexibility index (Phi) is 3.52. The van der Waals surface area contributed by atoms with Crippen LogP contribution in [-0.2, 0) is 11.2 Å². The smallest absolute Gasteiger partial charge is 0.251 e. The fourth-order valence-electron chi connectivity index (χ4n) is 3.19. The lowest BCUT2D eigenvalue weighted by atomic mass is 9.86. The summed E-state index contributed by atoms with van der Waals surface area (Å²) in [5, 5.41) is 2.93. The highest BCUT2D eigenvalue weighted by molar-refractivity contribution is 5.96. The first-order chi connectivity index (χ1) is 9.60. The van der Waals surface area contributed by atoms with Gasteiger partial charge in [-0.1, -0.05) is 12.1 Å². The van der Waals surface area contributed by atoms with Crippen LogP contribution in [-0.4, -0.2) is 24.7 Å². The second-order valence-electron chi connectivity index (χ2n) is 6.02. The molecule has 2 unspecified atom stereocenters. The predicted molar refractivity (Wildman–Crippen MR) is 77.6 cm³/mol. The summed E-state index contributed by atoms with van der Waals surface area (Å²) >= 11 is 0. The maximum atomic E-state index is 12.1. The van der Waals surface area contributed by atoms with Crippen molar-refractivity contribution in [2.45, 2.75) is 44.2 Å². The van der Waals surface area contributed by atoms with Crippen LogP contribution in [0.2, 0.25) is 0 Å². The Balaban J connectivity index is 1.93. The number of nitrogens with two attached hydrogens (primary N) is 1. The van der Waals surface area contributed by atoms with E-state index in [2.05, 4.69) is 18.3 Å². The first kappa shape index (κ1) is 13.6. The van der Waals surface area contributed by atoms with Crippen molar-refractivity contribution in [2.24, 2.45) is 5.73 Å². The van der Waals surface area contributed by atoms with Crippen LogP contribution in [0.25, 0.3) is 0 Å². The van der Waals surface area contributed by atoms with Crippen LogP contribution < -0.4 is 11.1 Å². The van der Waals surface area contributed by atoms with Crippen LogP contribution in [0.4, 0.5) is 0 Å². The van der Waals surface area contributed by atoms with Gasteiger partial charge in [-0.25, -0.2) is 0 Å². The van der Waals surface area contributed by atoms with Gasteiger partial charge in [0.05, 0.1) is 11.6 Å². The van der Waals surface area contributed by atoms with Gasteiger partial charge in [0, 0.05) is 18.7 Å². The van der Waals surface area contributed by atoms with Gasteiger partial charge in [0.25, 0.3) is 5.91 Å². The summed E-state index contributed by atoms with van der Waals surface area (Å²) in [6, 6.07) is 5.86. The summed E-state index contributed by atoms with van der Waals surface area (Å²) in [4.78, 5) is 12.1. The first-order valence-corrected chi connectivity index (χ1v) is 7.41. The molecule has 1 aromatic carbocycles. The van der Waals surface area contributed by atoms with Crippen molar-refractivity contribution in [1.82, 2.24) is 5.32 Å². The molecule has 20 heavy (non-hydrogen) atoms. The lowest BCUT2D eigenvalue weighted by molar-refractivity contribution is -0.00176. The van der Waals surface area contributed by atoms with E-state index < -0.39 is 0 Å². The predicted octanol–water partition coefficient (Wildman–Crippen LogP) is 1.93. The molecule has 2 heterocycles. The minimum Gasteiger partial charge on any atom is -0.373 e. The number of hydrogen-bond donors (Lipinski definition) is 2. The number of rotatable bonds is 2. The Morgan fingerprint density at radius 3 is 3.00 bits per heavy atom. The molecule has 108 valence electrons. The molecule has 4 heteroatoms. The molecule has 2 aliphatic heterocycles. The molecule has 1 saturated heterocycles. The van der Waals surface area contributed by atoms with Crippen LogP contribution in [0.5, 0.6) is 0 Å². The number of ether oxygens (including phenoxy) is 1. The number of hydrogen-bond acceptors (Lipinski definition) is 3. The third-order valence-corrected chi connectivity index (χ3v) is 4.55. The summed E-state index contributed by atoms with van der Waals surface area (Å²) in [6.45, 7) is 3.59. The van der Waals surface area contributed by atoms with Crippen LogP contribution in [0.3, 0.4) is 0 Å². The van der Waals surface area contributed by atoms with E-state index in [0.717, 1.165) is 55.5 Å². The molecule has 0 aromatic heterocycles. The lowest BCUT2D eigenvalue weighted by Crippen LogP contribution is -2.37. The molecule has 1 aromatic rings. The zero-order valence-electron chi connectivity index (χ0n) is 11.9. The molecule has 0 aliphatic carbocycles. The highest BCUT2D eigenvalue weighted by Gasteiger charge is 2.37. The number of nitrogens with one attached hydrogen (secondary N) is 1. The number of amides is 1. The largest absolute Gasteiger partial charge is 0.373 e. The summed E-state index contributed by atoms with van der Waals surface area (Å²) in [7, 11) is 0. The highest BCUT2D eigenvalue weighted by atomic mass is 16.5. The van der Waals surface area contributed by atoms with Crippen molar-refractivity contribution in [2.75, 3.05) is 13.2 Å². The third kappa shape index (κ3) is 2.34. The zero-order valence-corrected chi connectivity index (χ0v) is 11.9. The average Bonchev–Trinajstić information content (AvgIpc) is 2.82. The van der Waals surface area contributed by atoms with Gasteiger partial charge in [-0.3, -0.25) is 4.79 Å². The van der Waals surface area contributed by atoms with Crippen molar-refractivity contribution < 1.29 is 9.53 Å². The molecule has 0 saturated carbocycles. The molecule has 4 nitrogen and oxygen atoms in total. The second kappa shape index (κ2) is 5.19. The van der Waals surface area contributed by atoms with E-state index in [0.29, 0.717) is 0 Å². The molecule has 3 rings (SSSR count). The van der Waals surface area contributed by atoms with Gasteiger partial charge < -0.3 is 15.8 Å². The van der Waals surface area contributed by atoms with E-state index in [1.54, 1.807) is 0 Å². The van der Waals surface area contributed by atoms with Crippen molar-refractivity contribution in [1.29, 1.82) is 0 Å². The minimum atomic E-state index is -0.310. The Bertz CT molecular complexity index is 521. The van der Waals surface area contributed by atoms with E-state index in [1.165, 1.54) is 0 Å². The van der Waals surface area contributed by atoms with Crippen LogP contribution in [0.15, 0.2) is 18.2 Å². The van der Waals surface area contributed by atoms with Crippen molar-refractivity contribution >= 4 is 5.91 Å². The molecule has 1 fully saturated rings. The highest BCUT2D eigenvalue weighted by Crippen LogP contribution is 2.36. The molecule has 0 bridgehead atoms. The first-order valence-electron chi connectivity index (χ1n) is 7.41. The van der Waals surface area contributed by atoms with Crippen molar-refractivity contribution in [3.05, 3.63) is 34.9 Å². The fourth-order valence-corrected chi connectivity index (χ4v) is 3.19. The summed E-state index contributed by atoms with van der Waals surface area (Å²) in [5.41, 5.74) is 8.97. The number of benzene rings is 1. The number of aryl methyl sites for hydroxylation is 1. The Morgan fingerprint density at radius 2 is 2.25 bits per heavy atom. The molecule has 3 N–H and O–H groups in total. The van der Waals surface area contributed by atoms with E-state index >= 15 is 0 Å². The monoisotopic (exact) mass is 274 g/mol. The van der Waals surface area contributed by atoms with Crippen molar-refractivity contribution in [3.63, 3.8) is 0 Å². The van der Waals surface area contributed by atoms with E-state index in [4.69, 9.17) is 10.5 Å². The molecule has 0 spiro atoms. The summed E-state index contributed by atoms with van der Waals surface area (Å²) in [5.74, 6) is 0.0176. The van der Waals surface area contributed by atoms with Gasteiger partial charge in [0.15, 0.2) is 0 Å². The van der Waals surface area contributed by atoms with Crippen LogP contribution in [0, 0.1) is 0 Å². The van der Waals surface area contributed by atoms with Gasteiger partial charge in [-0.2, -0.15) is 0 Å². The molecule has 2 aliphatic rings. The minimum absolute atomic E-state index is 0.0176. The topological polar surface area (TPSA) is 64.4 Å². The lowest BCUT2D eigenvalue weighted by Gasteiger charge is -2.31. The molecular formula is C16H22N2O2. The average molecular weight is 274 g/mol. The van der Waals surface area contributed by atoms with Gasteiger partial charge in [0.1, 0.15) is 0 Å². The van der Waals surface area contributed by atoms with Crippen LogP contribution in [0.1, 0.15) is 53.7 Å². The fraction of sp³-hybridized carbons (Fsp3) is 0.562. The van der Waals surface area contributed by atoms with E-state index in [1.807, 2.05) is 12.1 Å². The van der Waals surface area contributed by atoms with Gasteiger partial charge >= 0.3 is 0 Å². The van der Waals surface area contributed by atoms with Gasteiger partial charge in [0.2, 0.25) is 0 Å². The van der Waals surface area contributed by atoms with Crippen LogP contribution >= 0.6 is 0 Å². The van der Waals surface area contributed by atoms with E-state index in [9.17, 15) is 4.79 Å². The quantitative estimate of drug-likeness (QED) is 0.866. The zero-order chi connectivity index (χ0) is 14.2. The number of carbonyl (C=O) groups is 1. The maximum absolute atomic E-state index is 12.1. The standard InChI is InChI=1S/C16H22N2O2/c1-16(7-3-9-20-16)14(17)12-6-5-11-4-2-8-18-15(19)13(11)10-12/h5-6,10,14H,2-4,7-9,17H2,1H3,(H,18,19). The Labute approximate surface area is 119 Å². The molecule has 1 amide bonds. The Hall–Kier alpha value is -1.39. The maximum Gasteiger partial charge on any atom is 0.251 e. The second-order valence-corrected chi connectivity index (χ2v) is 6.02. The SMILES string of the molecule is CC1(C(N)c2ccc3c(c2)C(=O)NCCC3)CCCO1. The number of fused-ring (bicyclic) bond motifs is 1. The van der Waals surface area contributed by atoms with Crippen molar-refractivity contribution in [3.8, 4) is 0 Å².